The lowest BCUT2D eigenvalue weighted by Crippen LogP contribution is -2.35. The molecule has 1 unspecified atom stereocenters. The maximum atomic E-state index is 12.1. The Balaban J connectivity index is 3.80. The van der Waals surface area contributed by atoms with Crippen LogP contribution in [0.5, 0.6) is 0 Å². The van der Waals surface area contributed by atoms with E-state index in [0.29, 0.717) is 6.42 Å². The normalized spacial score (nSPS) is 14.2. The van der Waals surface area contributed by atoms with Gasteiger partial charge in [0.2, 0.25) is 0 Å². The Labute approximate surface area is 200 Å². The Morgan fingerprint density at radius 1 is 0.818 bits per heavy atom. The number of carbonyl (C=O) groups is 3. The lowest BCUT2D eigenvalue weighted by Gasteiger charge is -2.13. The standard InChI is InChI=1S/C28H43NO4/c1-4-5-6-7-8-9-10-11-12-13-14-15-16-17-18-19-20-21-27(31)24(2)23-33-28(32)26(29)22-25(3)30/h5-6,8-9,11-12,14-15,17-18,24,26H,4,7,10,13,16,19-23,29H2,1-3H3/b6-5-,9-8-,12-11-,15-14-,18-17-/t24?,26-/m0/s1. The van der Waals surface area contributed by atoms with Crippen molar-refractivity contribution in [3.63, 3.8) is 0 Å². The van der Waals surface area contributed by atoms with E-state index in [4.69, 9.17) is 10.5 Å². The molecule has 2 N–H and O–H groups in total. The molecule has 0 aromatic heterocycles. The average Bonchev–Trinajstić information content (AvgIpc) is 2.78. The molecule has 2 atom stereocenters. The van der Waals surface area contributed by atoms with Gasteiger partial charge in [0.15, 0.2) is 0 Å². The van der Waals surface area contributed by atoms with Gasteiger partial charge in [0.25, 0.3) is 0 Å². The van der Waals surface area contributed by atoms with Gasteiger partial charge in [-0.3, -0.25) is 14.4 Å². The third-order valence-corrected chi connectivity index (χ3v) is 4.79. The number of hydrogen-bond donors (Lipinski definition) is 1. The molecule has 0 aliphatic carbocycles. The number of nitrogens with two attached hydrogens (primary N) is 1. The number of ether oxygens (including phenoxy) is 1. The minimum absolute atomic E-state index is 0.00490. The fourth-order valence-corrected chi connectivity index (χ4v) is 2.81. The summed E-state index contributed by atoms with van der Waals surface area (Å²) in [5, 5.41) is 0. The van der Waals surface area contributed by atoms with E-state index in [1.54, 1.807) is 6.92 Å². The van der Waals surface area contributed by atoms with Crippen molar-refractivity contribution in [2.75, 3.05) is 6.61 Å². The molecule has 0 aromatic rings. The fraction of sp³-hybridized carbons (Fsp3) is 0.536. The van der Waals surface area contributed by atoms with Gasteiger partial charge >= 0.3 is 5.97 Å². The monoisotopic (exact) mass is 457 g/mol. The number of ketones is 2. The first-order chi connectivity index (χ1) is 15.9. The Hall–Kier alpha value is -2.53. The van der Waals surface area contributed by atoms with Gasteiger partial charge in [0.1, 0.15) is 24.2 Å². The second kappa shape index (κ2) is 21.3. The van der Waals surface area contributed by atoms with Crippen LogP contribution in [0.2, 0.25) is 0 Å². The summed E-state index contributed by atoms with van der Waals surface area (Å²) in [5.41, 5.74) is 5.59. The van der Waals surface area contributed by atoms with E-state index in [-0.39, 0.29) is 30.5 Å². The largest absolute Gasteiger partial charge is 0.464 e. The maximum absolute atomic E-state index is 12.1. The van der Waals surface area contributed by atoms with E-state index in [1.165, 1.54) is 6.92 Å². The Bertz CT molecular complexity index is 701. The van der Waals surface area contributed by atoms with Crippen molar-refractivity contribution in [3.05, 3.63) is 60.8 Å². The molecule has 0 radical (unpaired) electrons. The van der Waals surface area contributed by atoms with Crippen LogP contribution in [0.15, 0.2) is 60.8 Å². The SMILES string of the molecule is CC/C=C\C/C=C\C/C=C\C/C=C\C/C=C\CCCC(=O)C(C)COC(=O)[C@@H](N)CC(C)=O. The third kappa shape index (κ3) is 19.9. The number of hydrogen-bond acceptors (Lipinski definition) is 5. The predicted molar refractivity (Wildman–Crippen MR) is 137 cm³/mol. The zero-order chi connectivity index (χ0) is 24.7. The number of esters is 1. The molecule has 0 spiro atoms. The van der Waals surface area contributed by atoms with Gasteiger partial charge in [0.05, 0.1) is 0 Å². The topological polar surface area (TPSA) is 86.5 Å². The van der Waals surface area contributed by atoms with Crippen LogP contribution >= 0.6 is 0 Å². The smallest absolute Gasteiger partial charge is 0.323 e. The highest BCUT2D eigenvalue weighted by Crippen LogP contribution is 2.08. The van der Waals surface area contributed by atoms with Crippen molar-refractivity contribution in [2.45, 2.75) is 84.6 Å². The van der Waals surface area contributed by atoms with Crippen molar-refractivity contribution in [2.24, 2.45) is 11.7 Å². The summed E-state index contributed by atoms with van der Waals surface area (Å²) >= 11 is 0. The first kappa shape index (κ1) is 30.5. The first-order valence-electron chi connectivity index (χ1n) is 12.1. The van der Waals surface area contributed by atoms with Gasteiger partial charge in [-0.2, -0.15) is 0 Å². The van der Waals surface area contributed by atoms with Gasteiger partial charge in [-0.05, 0) is 51.9 Å². The molecule has 5 heteroatoms. The average molecular weight is 458 g/mol. The van der Waals surface area contributed by atoms with Crippen LogP contribution in [0.1, 0.15) is 78.6 Å². The molecule has 5 nitrogen and oxygen atoms in total. The summed E-state index contributed by atoms with van der Waals surface area (Å²) < 4.78 is 5.06. The van der Waals surface area contributed by atoms with Gasteiger partial charge in [-0.1, -0.05) is 74.6 Å². The summed E-state index contributed by atoms with van der Waals surface area (Å²) in [4.78, 5) is 34.8. The van der Waals surface area contributed by atoms with E-state index < -0.39 is 12.0 Å². The molecule has 184 valence electrons. The second-order valence-electron chi connectivity index (χ2n) is 8.11. The molecule has 0 fully saturated rings. The van der Waals surface area contributed by atoms with Crippen molar-refractivity contribution >= 4 is 17.5 Å². The lowest BCUT2D eigenvalue weighted by molar-refractivity contribution is -0.148. The van der Waals surface area contributed by atoms with Crippen LogP contribution in [0.25, 0.3) is 0 Å². The van der Waals surface area contributed by atoms with Gasteiger partial charge in [-0.25, -0.2) is 0 Å². The molecule has 0 saturated carbocycles. The molecule has 33 heavy (non-hydrogen) atoms. The van der Waals surface area contributed by atoms with Crippen molar-refractivity contribution < 1.29 is 19.1 Å². The number of allylic oxidation sites excluding steroid dienone is 10. The summed E-state index contributed by atoms with van der Waals surface area (Å²) in [6.07, 6.45) is 28.5. The zero-order valence-corrected chi connectivity index (χ0v) is 20.7. The first-order valence-corrected chi connectivity index (χ1v) is 12.1. The quantitative estimate of drug-likeness (QED) is 0.147. The molecule has 0 saturated heterocycles. The second-order valence-corrected chi connectivity index (χ2v) is 8.11. The highest BCUT2D eigenvalue weighted by molar-refractivity contribution is 5.85. The molecule has 0 bridgehead atoms. The minimum Gasteiger partial charge on any atom is -0.464 e. The molecular weight excluding hydrogens is 414 g/mol. The number of carbonyl (C=O) groups excluding carboxylic acids is 3. The van der Waals surface area contributed by atoms with Crippen molar-refractivity contribution in [1.82, 2.24) is 0 Å². The van der Waals surface area contributed by atoms with Crippen LogP contribution in [0, 0.1) is 5.92 Å². The fourth-order valence-electron chi connectivity index (χ4n) is 2.81. The third-order valence-electron chi connectivity index (χ3n) is 4.79. The number of unbranched alkanes of at least 4 members (excludes halogenated alkanes) is 1. The highest BCUT2D eigenvalue weighted by atomic mass is 16.5. The van der Waals surface area contributed by atoms with E-state index in [2.05, 4.69) is 67.7 Å². The molecule has 0 rings (SSSR count). The van der Waals surface area contributed by atoms with Gasteiger partial charge < -0.3 is 10.5 Å². The lowest BCUT2D eigenvalue weighted by atomic mass is 10.0. The highest BCUT2D eigenvalue weighted by Gasteiger charge is 2.20. The van der Waals surface area contributed by atoms with E-state index in [1.807, 2.05) is 0 Å². The van der Waals surface area contributed by atoms with Gasteiger partial charge in [-0.15, -0.1) is 0 Å². The molecular formula is C28H43NO4. The summed E-state index contributed by atoms with van der Waals surface area (Å²) in [6.45, 7) is 5.25. The molecule has 0 aliphatic rings. The van der Waals surface area contributed by atoms with Crippen molar-refractivity contribution in [1.29, 1.82) is 0 Å². The summed E-state index contributed by atoms with van der Waals surface area (Å²) in [6, 6.07) is -0.958. The van der Waals surface area contributed by atoms with E-state index >= 15 is 0 Å². The van der Waals surface area contributed by atoms with E-state index in [9.17, 15) is 14.4 Å². The molecule has 0 aliphatic heterocycles. The summed E-state index contributed by atoms with van der Waals surface area (Å²) in [7, 11) is 0. The number of Topliss-reactive ketones (excluding diaryl/α,β-unsaturated/α-hetero) is 2. The number of rotatable bonds is 19. The zero-order valence-electron chi connectivity index (χ0n) is 20.7. The maximum Gasteiger partial charge on any atom is 0.323 e. The van der Waals surface area contributed by atoms with Crippen molar-refractivity contribution in [3.8, 4) is 0 Å². The Morgan fingerprint density at radius 3 is 1.79 bits per heavy atom. The van der Waals surface area contributed by atoms with Crippen LogP contribution in [-0.2, 0) is 19.1 Å². The van der Waals surface area contributed by atoms with Gasteiger partial charge in [0, 0.05) is 18.8 Å². The summed E-state index contributed by atoms with van der Waals surface area (Å²) in [5.74, 6) is -1.11. The molecule has 0 aromatic carbocycles. The predicted octanol–water partition coefficient (Wildman–Crippen LogP) is 5.96. The van der Waals surface area contributed by atoms with Crippen LogP contribution in [0.3, 0.4) is 0 Å². The minimum atomic E-state index is -0.958. The van der Waals surface area contributed by atoms with Crippen LogP contribution in [-0.4, -0.2) is 30.2 Å². The Kier molecular flexibility index (Phi) is 19.7. The molecule has 0 heterocycles. The van der Waals surface area contributed by atoms with Crippen LogP contribution in [0.4, 0.5) is 0 Å². The van der Waals surface area contributed by atoms with Crippen LogP contribution < -0.4 is 5.73 Å². The molecule has 0 amide bonds. The Morgan fingerprint density at radius 2 is 1.30 bits per heavy atom. The van der Waals surface area contributed by atoms with E-state index in [0.717, 1.165) is 44.9 Å².